The number of anilines is 1. The molecule has 182 valence electrons. The van der Waals surface area contributed by atoms with Crippen LogP contribution in [0.25, 0.3) is 28.2 Å². The number of carbonyl (C=O) groups is 1. The van der Waals surface area contributed by atoms with Crippen LogP contribution in [0.4, 0.5) is 5.82 Å². The van der Waals surface area contributed by atoms with E-state index in [0.717, 1.165) is 34.5 Å². The summed E-state index contributed by atoms with van der Waals surface area (Å²) in [5.74, 6) is 0.538. The summed E-state index contributed by atoms with van der Waals surface area (Å²) in [6, 6.07) is 15.9. The first-order valence-electron chi connectivity index (χ1n) is 12.0. The summed E-state index contributed by atoms with van der Waals surface area (Å²) in [7, 11) is 0. The molecule has 1 amide bonds. The third kappa shape index (κ3) is 5.52. The number of rotatable bonds is 8. The Labute approximate surface area is 206 Å². The number of carbonyl (C=O) groups excluding carboxylic acids is 1. The molecule has 2 aromatic carbocycles. The highest BCUT2D eigenvalue weighted by Crippen LogP contribution is 2.29. The second-order valence-electron chi connectivity index (χ2n) is 9.66. The average Bonchev–Trinajstić information content (AvgIpc) is 3.26. The highest BCUT2D eigenvalue weighted by Gasteiger charge is 2.18. The molecule has 4 rings (SSSR count). The molecule has 3 N–H and O–H groups in total. The zero-order chi connectivity index (χ0) is 25.2. The molecule has 0 fully saturated rings. The number of hydrogen-bond donors (Lipinski definition) is 3. The fraction of sp³-hybridized carbons (Fsp3) is 0.321. The van der Waals surface area contributed by atoms with Gasteiger partial charge in [0.25, 0.3) is 5.91 Å². The summed E-state index contributed by atoms with van der Waals surface area (Å²) in [4.78, 5) is 22.1. The van der Waals surface area contributed by atoms with E-state index in [1.807, 2.05) is 79.2 Å². The maximum absolute atomic E-state index is 12.7. The van der Waals surface area contributed by atoms with E-state index in [2.05, 4.69) is 22.5 Å². The summed E-state index contributed by atoms with van der Waals surface area (Å²) < 4.78 is 2.01. The van der Waals surface area contributed by atoms with E-state index in [4.69, 9.17) is 4.98 Å². The van der Waals surface area contributed by atoms with Crippen molar-refractivity contribution in [3.63, 3.8) is 0 Å². The first-order chi connectivity index (χ1) is 16.7. The van der Waals surface area contributed by atoms with E-state index in [9.17, 15) is 9.90 Å². The molecule has 7 nitrogen and oxygen atoms in total. The number of aromatic nitrogens is 3. The lowest BCUT2D eigenvalue weighted by Gasteiger charge is -2.19. The van der Waals surface area contributed by atoms with Gasteiger partial charge in [-0.15, -0.1) is 0 Å². The molecule has 7 heteroatoms. The van der Waals surface area contributed by atoms with Gasteiger partial charge < -0.3 is 15.7 Å². The number of nitrogens with zero attached hydrogens (tertiary/aromatic N) is 3. The van der Waals surface area contributed by atoms with Crippen molar-refractivity contribution in [3.05, 3.63) is 72.1 Å². The monoisotopic (exact) mass is 471 g/mol. The van der Waals surface area contributed by atoms with Crippen LogP contribution in [0.1, 0.15) is 50.0 Å². The molecular weight excluding hydrogens is 438 g/mol. The van der Waals surface area contributed by atoms with E-state index >= 15 is 0 Å². The Bertz CT molecular complexity index is 1340. The Balaban J connectivity index is 1.78. The number of nitrogens with one attached hydrogen (secondary N) is 2. The Morgan fingerprint density at radius 2 is 1.89 bits per heavy atom. The molecule has 0 bridgehead atoms. The lowest BCUT2D eigenvalue weighted by Crippen LogP contribution is -2.32. The maximum Gasteiger partial charge on any atom is 0.251 e. The van der Waals surface area contributed by atoms with Crippen molar-refractivity contribution in [2.24, 2.45) is 0 Å². The van der Waals surface area contributed by atoms with Crippen molar-refractivity contribution in [3.8, 4) is 22.5 Å². The molecule has 0 aliphatic rings. The first-order valence-corrected chi connectivity index (χ1v) is 12.0. The second kappa shape index (κ2) is 9.88. The summed E-state index contributed by atoms with van der Waals surface area (Å²) in [6.45, 7) is 9.82. The van der Waals surface area contributed by atoms with Crippen LogP contribution in [0.15, 0.2) is 60.9 Å². The van der Waals surface area contributed by atoms with Crippen LogP contribution in [0, 0.1) is 6.92 Å². The van der Waals surface area contributed by atoms with Gasteiger partial charge in [-0.1, -0.05) is 43.3 Å². The fourth-order valence-electron chi connectivity index (χ4n) is 3.85. The number of amides is 1. The maximum atomic E-state index is 12.7. The molecule has 0 aliphatic heterocycles. The lowest BCUT2D eigenvalue weighted by molar-refractivity contribution is 0.0933. The standard InChI is InChI=1S/C28H33N5O2/c1-6-19(3)31-27(34)22-13-12-21(14-18(22)2)24-15-29-26-25(30-17-28(4,5)35)32-23(16-33(24)26)20-10-8-7-9-11-20/h7-16,19,35H,6,17H2,1-5H3,(H,30,32)(H,31,34). The van der Waals surface area contributed by atoms with Gasteiger partial charge in [-0.3, -0.25) is 9.20 Å². The molecule has 1 unspecified atom stereocenters. The number of fused-ring (bicyclic) bond motifs is 1. The van der Waals surface area contributed by atoms with E-state index in [0.29, 0.717) is 23.6 Å². The Kier molecular flexibility index (Phi) is 6.89. The average molecular weight is 472 g/mol. The number of benzene rings is 2. The van der Waals surface area contributed by atoms with Gasteiger partial charge in [-0.25, -0.2) is 9.97 Å². The van der Waals surface area contributed by atoms with Gasteiger partial charge in [-0.2, -0.15) is 0 Å². The van der Waals surface area contributed by atoms with Crippen LogP contribution in [0.3, 0.4) is 0 Å². The number of hydrogen-bond acceptors (Lipinski definition) is 5. The zero-order valence-corrected chi connectivity index (χ0v) is 21.0. The highest BCUT2D eigenvalue weighted by molar-refractivity contribution is 5.96. The minimum Gasteiger partial charge on any atom is -0.389 e. The summed E-state index contributed by atoms with van der Waals surface area (Å²) in [6.07, 6.45) is 4.67. The predicted molar refractivity (Wildman–Crippen MR) is 141 cm³/mol. The number of aliphatic hydroxyl groups is 1. The van der Waals surface area contributed by atoms with Gasteiger partial charge in [0.15, 0.2) is 11.5 Å². The van der Waals surface area contributed by atoms with Crippen LogP contribution in [-0.2, 0) is 0 Å². The Morgan fingerprint density at radius 1 is 1.14 bits per heavy atom. The third-order valence-corrected chi connectivity index (χ3v) is 6.01. The molecule has 2 heterocycles. The van der Waals surface area contributed by atoms with Crippen molar-refractivity contribution in [1.82, 2.24) is 19.7 Å². The van der Waals surface area contributed by atoms with Crippen molar-refractivity contribution in [2.75, 3.05) is 11.9 Å². The Hall–Kier alpha value is -3.71. The van der Waals surface area contributed by atoms with Gasteiger partial charge in [0.2, 0.25) is 0 Å². The van der Waals surface area contributed by atoms with Gasteiger partial charge in [-0.05, 0) is 51.8 Å². The quantitative estimate of drug-likeness (QED) is 0.333. The minimum atomic E-state index is -0.903. The van der Waals surface area contributed by atoms with Crippen molar-refractivity contribution < 1.29 is 9.90 Å². The molecular formula is C28H33N5O2. The van der Waals surface area contributed by atoms with E-state index in [-0.39, 0.29) is 11.9 Å². The molecule has 0 aliphatic carbocycles. The minimum absolute atomic E-state index is 0.0600. The van der Waals surface area contributed by atoms with Gasteiger partial charge in [0, 0.05) is 35.5 Å². The number of imidazole rings is 1. The van der Waals surface area contributed by atoms with Gasteiger partial charge in [0.05, 0.1) is 23.2 Å². The lowest BCUT2D eigenvalue weighted by atomic mass is 10.0. The number of aryl methyl sites for hydroxylation is 1. The SMILES string of the molecule is CCC(C)NC(=O)c1ccc(-c2cnc3c(NCC(C)(C)O)nc(-c4ccccc4)cn23)cc1C. The fourth-order valence-corrected chi connectivity index (χ4v) is 3.85. The van der Waals surface area contributed by atoms with Crippen LogP contribution >= 0.6 is 0 Å². The van der Waals surface area contributed by atoms with E-state index in [1.165, 1.54) is 0 Å². The second-order valence-corrected chi connectivity index (χ2v) is 9.66. The van der Waals surface area contributed by atoms with Crippen molar-refractivity contribution in [1.29, 1.82) is 0 Å². The largest absolute Gasteiger partial charge is 0.389 e. The summed E-state index contributed by atoms with van der Waals surface area (Å²) in [5.41, 5.74) is 4.94. The Morgan fingerprint density at radius 3 is 2.54 bits per heavy atom. The molecule has 2 aromatic heterocycles. The topological polar surface area (TPSA) is 91.5 Å². The smallest absolute Gasteiger partial charge is 0.251 e. The molecule has 1 atom stereocenters. The molecule has 0 spiro atoms. The molecule has 0 saturated heterocycles. The zero-order valence-electron chi connectivity index (χ0n) is 21.0. The normalized spacial score (nSPS) is 12.5. The van der Waals surface area contributed by atoms with Crippen LogP contribution in [-0.4, -0.2) is 43.6 Å². The first kappa shape index (κ1) is 24.4. The third-order valence-electron chi connectivity index (χ3n) is 6.01. The summed E-state index contributed by atoms with van der Waals surface area (Å²) >= 11 is 0. The van der Waals surface area contributed by atoms with Crippen LogP contribution in [0.2, 0.25) is 0 Å². The van der Waals surface area contributed by atoms with E-state index in [1.54, 1.807) is 13.8 Å². The van der Waals surface area contributed by atoms with Gasteiger partial charge in [0.1, 0.15) is 0 Å². The van der Waals surface area contributed by atoms with Crippen molar-refractivity contribution >= 4 is 17.4 Å². The highest BCUT2D eigenvalue weighted by atomic mass is 16.3. The molecule has 0 radical (unpaired) electrons. The molecule has 4 aromatic rings. The van der Waals surface area contributed by atoms with E-state index < -0.39 is 5.60 Å². The van der Waals surface area contributed by atoms with Crippen molar-refractivity contribution in [2.45, 2.75) is 52.7 Å². The molecule has 35 heavy (non-hydrogen) atoms. The molecule has 0 saturated carbocycles. The summed E-state index contributed by atoms with van der Waals surface area (Å²) in [5, 5.41) is 16.5. The predicted octanol–water partition coefficient (Wildman–Crippen LogP) is 5.08. The van der Waals surface area contributed by atoms with Crippen LogP contribution < -0.4 is 10.6 Å². The van der Waals surface area contributed by atoms with Crippen LogP contribution in [0.5, 0.6) is 0 Å². The van der Waals surface area contributed by atoms with Gasteiger partial charge >= 0.3 is 0 Å².